The van der Waals surface area contributed by atoms with Gasteiger partial charge >= 0.3 is 6.03 Å². The van der Waals surface area contributed by atoms with E-state index in [1.54, 1.807) is 0 Å². The number of aryl methyl sites for hydroxylation is 2. The van der Waals surface area contributed by atoms with Crippen LogP contribution in [-0.2, 0) is 45.3 Å². The molecule has 9 heteroatoms. The second kappa shape index (κ2) is 7.67. The van der Waals surface area contributed by atoms with Gasteiger partial charge in [-0.2, -0.15) is 0 Å². The Morgan fingerprint density at radius 1 is 1.00 bits per heavy atom. The molecule has 0 fully saturated rings. The van der Waals surface area contributed by atoms with Crippen LogP contribution in [0.15, 0.2) is 6.07 Å². The highest BCUT2D eigenvalue weighted by atomic mass is 32.2. The molecule has 0 radical (unpaired) electrons. The molecular weight excluding hydrogens is 370 g/mol. The minimum Gasteiger partial charge on any atom is -0.307 e. The summed E-state index contributed by atoms with van der Waals surface area (Å²) in [5.41, 5.74) is 5.41. The Hall–Kier alpha value is -2.42. The van der Waals surface area contributed by atoms with Crippen molar-refractivity contribution in [2.24, 2.45) is 0 Å². The molecule has 0 aromatic heterocycles. The van der Waals surface area contributed by atoms with E-state index < -0.39 is 40.0 Å². The minimum atomic E-state index is -3.99. The molecule has 0 saturated carbocycles. The van der Waals surface area contributed by atoms with Gasteiger partial charge in [-0.3, -0.25) is 14.9 Å². The molecule has 0 aliphatic heterocycles. The lowest BCUT2D eigenvalue weighted by Crippen LogP contribution is -2.38. The van der Waals surface area contributed by atoms with Gasteiger partial charge in [0.2, 0.25) is 21.8 Å². The smallest absolute Gasteiger partial charge is 0.307 e. The minimum absolute atomic E-state index is 0.404. The highest BCUT2D eigenvalue weighted by molar-refractivity contribution is 7.90. The number of fused-ring (bicyclic) bond motifs is 2. The maximum Gasteiger partial charge on any atom is 0.332 e. The van der Waals surface area contributed by atoms with Crippen LogP contribution in [0.4, 0.5) is 10.5 Å². The number of anilines is 1. The van der Waals surface area contributed by atoms with Crippen molar-refractivity contribution in [2.75, 3.05) is 11.1 Å². The lowest BCUT2D eigenvalue weighted by molar-refractivity contribution is -0.129. The Balaban J connectivity index is 1.66. The summed E-state index contributed by atoms with van der Waals surface area (Å²) in [7, 11) is -3.99. The predicted octanol–water partition coefficient (Wildman–Crippen LogP) is 1.17. The van der Waals surface area contributed by atoms with Gasteiger partial charge in [-0.15, -0.1) is 0 Å². The molecule has 4 amide bonds. The van der Waals surface area contributed by atoms with Crippen molar-refractivity contribution in [3.05, 3.63) is 28.3 Å². The fourth-order valence-electron chi connectivity index (χ4n) is 3.78. The van der Waals surface area contributed by atoms with Gasteiger partial charge < -0.3 is 5.32 Å². The van der Waals surface area contributed by atoms with Crippen molar-refractivity contribution in [1.29, 1.82) is 0 Å². The summed E-state index contributed by atoms with van der Waals surface area (Å²) in [4.78, 5) is 34.5. The van der Waals surface area contributed by atoms with Gasteiger partial charge in [0.1, 0.15) is 0 Å². The van der Waals surface area contributed by atoms with Gasteiger partial charge in [0.05, 0.1) is 5.75 Å². The number of urea groups is 1. The largest absolute Gasteiger partial charge is 0.332 e. The van der Waals surface area contributed by atoms with Crippen molar-refractivity contribution in [2.45, 2.75) is 51.9 Å². The van der Waals surface area contributed by atoms with Crippen LogP contribution in [0, 0.1) is 0 Å². The Kier molecular flexibility index (Phi) is 5.50. The molecule has 27 heavy (non-hydrogen) atoms. The summed E-state index contributed by atoms with van der Waals surface area (Å²) in [6.07, 6.45) is 5.34. The number of sulfonamides is 1. The number of carbonyl (C=O) groups is 3. The molecule has 1 aromatic carbocycles. The van der Waals surface area contributed by atoms with E-state index >= 15 is 0 Å². The van der Waals surface area contributed by atoms with Gasteiger partial charge in [0, 0.05) is 19.0 Å². The van der Waals surface area contributed by atoms with Crippen LogP contribution in [0.2, 0.25) is 0 Å². The fraction of sp³-hybridized carbons (Fsp3) is 0.500. The van der Waals surface area contributed by atoms with Crippen molar-refractivity contribution < 1.29 is 22.8 Å². The standard InChI is InChI=1S/C18H23N3O5S/c1-11(22)19-16(23)8-9-27(25,26)21-18(24)20-17-14-6-2-4-12(14)10-13-5-3-7-15(13)17/h10H,2-9H2,1H3,(H,19,22,23)(H2,20,21,24). The third-order valence-electron chi connectivity index (χ3n) is 4.87. The Labute approximate surface area is 158 Å². The average Bonchev–Trinajstić information content (AvgIpc) is 3.20. The van der Waals surface area contributed by atoms with E-state index in [2.05, 4.69) is 11.4 Å². The lowest BCUT2D eigenvalue weighted by Gasteiger charge is -2.16. The molecule has 0 heterocycles. The van der Waals surface area contributed by atoms with E-state index in [1.165, 1.54) is 11.1 Å². The third kappa shape index (κ3) is 4.65. The number of hydrogen-bond acceptors (Lipinski definition) is 5. The zero-order valence-electron chi connectivity index (χ0n) is 15.2. The molecule has 0 spiro atoms. The first-order valence-corrected chi connectivity index (χ1v) is 10.7. The number of imide groups is 1. The summed E-state index contributed by atoms with van der Waals surface area (Å²) < 4.78 is 26.1. The first kappa shape index (κ1) is 19.3. The Morgan fingerprint density at radius 3 is 2.15 bits per heavy atom. The molecule has 0 saturated heterocycles. The molecule has 3 rings (SSSR count). The average molecular weight is 393 g/mol. The normalized spacial score (nSPS) is 15.0. The predicted molar refractivity (Wildman–Crippen MR) is 99.9 cm³/mol. The first-order valence-electron chi connectivity index (χ1n) is 9.03. The number of nitrogens with one attached hydrogen (secondary N) is 3. The summed E-state index contributed by atoms with van der Waals surface area (Å²) in [6, 6.07) is 1.40. The maximum absolute atomic E-state index is 12.3. The van der Waals surface area contributed by atoms with Crippen molar-refractivity contribution in [1.82, 2.24) is 10.0 Å². The molecular formula is C18H23N3O5S. The van der Waals surface area contributed by atoms with Gasteiger partial charge in [0.25, 0.3) is 0 Å². The Morgan fingerprint density at radius 2 is 1.59 bits per heavy atom. The highest BCUT2D eigenvalue weighted by Gasteiger charge is 2.26. The van der Waals surface area contributed by atoms with E-state index in [0.29, 0.717) is 0 Å². The molecule has 0 atom stereocenters. The fourth-order valence-corrected chi connectivity index (χ4v) is 4.67. The van der Waals surface area contributed by atoms with E-state index in [4.69, 9.17) is 0 Å². The van der Waals surface area contributed by atoms with E-state index in [-0.39, 0.29) is 0 Å². The SMILES string of the molecule is CC(=O)NC(=O)CCS(=O)(=O)NC(=O)Nc1c2c(cc3c1CCC3)CCC2. The van der Waals surface area contributed by atoms with Crippen LogP contribution < -0.4 is 15.4 Å². The molecule has 8 nitrogen and oxygen atoms in total. The van der Waals surface area contributed by atoms with Crippen LogP contribution in [0.3, 0.4) is 0 Å². The molecule has 1 aromatic rings. The second-order valence-corrected chi connectivity index (χ2v) is 8.81. The number of rotatable bonds is 5. The van der Waals surface area contributed by atoms with Crippen LogP contribution in [0.5, 0.6) is 0 Å². The highest BCUT2D eigenvalue weighted by Crippen LogP contribution is 2.38. The molecule has 2 aliphatic carbocycles. The molecule has 0 unspecified atom stereocenters. The monoisotopic (exact) mass is 393 g/mol. The van der Waals surface area contributed by atoms with Crippen LogP contribution in [0.25, 0.3) is 0 Å². The van der Waals surface area contributed by atoms with Crippen molar-refractivity contribution in [3.63, 3.8) is 0 Å². The van der Waals surface area contributed by atoms with Crippen LogP contribution >= 0.6 is 0 Å². The summed E-state index contributed by atoms with van der Waals surface area (Å²) in [5.74, 6) is -1.84. The zero-order chi connectivity index (χ0) is 19.6. The zero-order valence-corrected chi connectivity index (χ0v) is 16.0. The van der Waals surface area contributed by atoms with Crippen molar-refractivity contribution in [3.8, 4) is 0 Å². The molecule has 3 N–H and O–H groups in total. The number of carbonyl (C=O) groups excluding carboxylic acids is 3. The van der Waals surface area contributed by atoms with Crippen LogP contribution in [-0.4, -0.2) is 32.0 Å². The first-order chi connectivity index (χ1) is 12.7. The van der Waals surface area contributed by atoms with E-state index in [1.807, 2.05) is 10.0 Å². The number of amides is 4. The summed E-state index contributed by atoms with van der Waals surface area (Å²) in [5, 5.41) is 4.73. The van der Waals surface area contributed by atoms with Crippen molar-refractivity contribution >= 4 is 33.6 Å². The number of hydrogen-bond donors (Lipinski definition) is 3. The Bertz CT molecular complexity index is 876. The summed E-state index contributed by atoms with van der Waals surface area (Å²) in [6.45, 7) is 1.16. The topological polar surface area (TPSA) is 121 Å². The van der Waals surface area contributed by atoms with E-state index in [9.17, 15) is 22.8 Å². The van der Waals surface area contributed by atoms with Gasteiger partial charge in [-0.25, -0.2) is 17.9 Å². The quantitative estimate of drug-likeness (QED) is 0.693. The summed E-state index contributed by atoms with van der Waals surface area (Å²) >= 11 is 0. The van der Waals surface area contributed by atoms with Gasteiger partial charge in [-0.05, 0) is 60.8 Å². The lowest BCUT2D eigenvalue weighted by atomic mass is 9.99. The number of benzene rings is 1. The maximum atomic E-state index is 12.3. The molecule has 146 valence electrons. The third-order valence-corrected chi connectivity index (χ3v) is 6.11. The molecule has 0 bridgehead atoms. The second-order valence-electron chi connectivity index (χ2n) is 6.96. The molecule has 2 aliphatic rings. The van der Waals surface area contributed by atoms with Gasteiger partial charge in [-0.1, -0.05) is 6.07 Å². The van der Waals surface area contributed by atoms with Crippen LogP contribution in [0.1, 0.15) is 48.4 Å². The van der Waals surface area contributed by atoms with Gasteiger partial charge in [0.15, 0.2) is 0 Å². The van der Waals surface area contributed by atoms with E-state index in [0.717, 1.165) is 62.3 Å².